The first-order valence-corrected chi connectivity index (χ1v) is 12.7. The molecule has 1 aliphatic rings. The second-order valence-corrected chi connectivity index (χ2v) is 9.43. The summed E-state index contributed by atoms with van der Waals surface area (Å²) in [4.78, 5) is 37.0. The van der Waals surface area contributed by atoms with E-state index in [1.54, 1.807) is 36.4 Å². The van der Waals surface area contributed by atoms with Crippen molar-refractivity contribution in [3.05, 3.63) is 131 Å². The van der Waals surface area contributed by atoms with Crippen LogP contribution in [-0.4, -0.2) is 35.7 Å². The molecule has 0 aliphatic heterocycles. The van der Waals surface area contributed by atoms with E-state index in [0.29, 0.717) is 17.7 Å². The lowest BCUT2D eigenvalue weighted by atomic mass is 9.98. The zero-order chi connectivity index (χ0) is 27.2. The van der Waals surface area contributed by atoms with Gasteiger partial charge in [0.15, 0.2) is 0 Å². The third-order valence-electron chi connectivity index (χ3n) is 6.85. The second-order valence-electron chi connectivity index (χ2n) is 9.43. The van der Waals surface area contributed by atoms with Crippen LogP contribution in [0.25, 0.3) is 11.1 Å². The maximum absolute atomic E-state index is 12.7. The Labute approximate surface area is 226 Å². The van der Waals surface area contributed by atoms with Gasteiger partial charge in [-0.3, -0.25) is 4.79 Å². The van der Waals surface area contributed by atoms with Crippen LogP contribution in [0.15, 0.2) is 103 Å². The van der Waals surface area contributed by atoms with Crippen molar-refractivity contribution < 1.29 is 24.2 Å². The molecule has 2 amide bonds. The molecule has 7 heteroatoms. The molecular weight excluding hydrogens is 492 g/mol. The van der Waals surface area contributed by atoms with Crippen LogP contribution in [0.1, 0.15) is 38.5 Å². The molecule has 0 aromatic heterocycles. The number of rotatable bonds is 9. The van der Waals surface area contributed by atoms with E-state index >= 15 is 0 Å². The summed E-state index contributed by atoms with van der Waals surface area (Å²) in [5.41, 5.74) is 6.49. The molecule has 1 atom stereocenters. The van der Waals surface area contributed by atoms with Gasteiger partial charge < -0.3 is 20.5 Å². The van der Waals surface area contributed by atoms with Gasteiger partial charge in [-0.2, -0.15) is 0 Å². The van der Waals surface area contributed by atoms with E-state index in [1.807, 2.05) is 54.6 Å². The summed E-state index contributed by atoms with van der Waals surface area (Å²) < 4.78 is 5.53. The molecule has 4 aromatic rings. The van der Waals surface area contributed by atoms with Crippen LogP contribution in [0, 0.1) is 0 Å². The number of aliphatic carboxylic acids is 1. The Hall–Kier alpha value is -4.91. The van der Waals surface area contributed by atoms with Gasteiger partial charge in [0.25, 0.3) is 5.91 Å². The topological polar surface area (TPSA) is 105 Å². The first kappa shape index (κ1) is 25.7. The molecule has 3 N–H and O–H groups in total. The van der Waals surface area contributed by atoms with Crippen LogP contribution in [0.5, 0.6) is 0 Å². The fourth-order valence-electron chi connectivity index (χ4n) is 4.96. The number of nitrogens with one attached hydrogen (secondary N) is 2. The summed E-state index contributed by atoms with van der Waals surface area (Å²) in [5, 5.41) is 15.1. The smallest absolute Gasteiger partial charge is 0.407 e. The Morgan fingerprint density at radius 1 is 0.769 bits per heavy atom. The monoisotopic (exact) mass is 520 g/mol. The number of alkyl carbamates (subject to hydrolysis) is 1. The zero-order valence-corrected chi connectivity index (χ0v) is 21.2. The maximum Gasteiger partial charge on any atom is 0.407 e. The van der Waals surface area contributed by atoms with Crippen LogP contribution in [0.3, 0.4) is 0 Å². The van der Waals surface area contributed by atoms with Crippen LogP contribution in [0.2, 0.25) is 0 Å². The van der Waals surface area contributed by atoms with Gasteiger partial charge in [-0.15, -0.1) is 0 Å². The standard InChI is InChI=1S/C32H28N2O5/c35-30(23-11-2-1-3-12-23)33-19-22-10-8-9-21(17-22)18-29(31(36)37)34-32(38)39-20-28-26-15-6-4-13-24(26)25-14-5-7-16-27(25)28/h1-17,28-29H,18-20H2,(H,33,35)(H,34,38)(H,36,37)/t29-/m0/s1. The fraction of sp³-hybridized carbons (Fsp3) is 0.156. The van der Waals surface area contributed by atoms with Gasteiger partial charge in [0.2, 0.25) is 0 Å². The van der Waals surface area contributed by atoms with Crippen molar-refractivity contribution in [2.24, 2.45) is 0 Å². The maximum atomic E-state index is 12.7. The zero-order valence-electron chi connectivity index (χ0n) is 21.2. The molecule has 0 heterocycles. The lowest BCUT2D eigenvalue weighted by Gasteiger charge is -2.18. The third kappa shape index (κ3) is 5.99. The molecular formula is C32H28N2O5. The minimum atomic E-state index is -1.17. The largest absolute Gasteiger partial charge is 0.480 e. The summed E-state index contributed by atoms with van der Waals surface area (Å²) in [6.07, 6.45) is -0.712. The Kier molecular flexibility index (Phi) is 7.68. The highest BCUT2D eigenvalue weighted by molar-refractivity contribution is 5.94. The molecule has 0 fully saturated rings. The van der Waals surface area contributed by atoms with Crippen molar-refractivity contribution in [2.45, 2.75) is 24.9 Å². The quantitative estimate of drug-likeness (QED) is 0.283. The summed E-state index contributed by atoms with van der Waals surface area (Å²) in [6.45, 7) is 0.391. The number of carbonyl (C=O) groups excluding carboxylic acids is 2. The molecule has 0 radical (unpaired) electrons. The van der Waals surface area contributed by atoms with E-state index in [2.05, 4.69) is 22.8 Å². The van der Waals surface area contributed by atoms with Crippen molar-refractivity contribution >= 4 is 18.0 Å². The predicted octanol–water partition coefficient (Wildman–Crippen LogP) is 5.15. The van der Waals surface area contributed by atoms with Crippen molar-refractivity contribution in [3.63, 3.8) is 0 Å². The molecule has 0 saturated carbocycles. The van der Waals surface area contributed by atoms with E-state index < -0.39 is 18.1 Å². The predicted molar refractivity (Wildman–Crippen MR) is 147 cm³/mol. The van der Waals surface area contributed by atoms with E-state index in [-0.39, 0.29) is 24.9 Å². The molecule has 7 nitrogen and oxygen atoms in total. The van der Waals surface area contributed by atoms with E-state index in [9.17, 15) is 19.5 Å². The average Bonchev–Trinajstić information content (AvgIpc) is 3.28. The fourth-order valence-corrected chi connectivity index (χ4v) is 4.96. The van der Waals surface area contributed by atoms with Crippen molar-refractivity contribution in [3.8, 4) is 11.1 Å². The van der Waals surface area contributed by atoms with E-state index in [0.717, 1.165) is 27.8 Å². The molecule has 0 saturated heterocycles. The SMILES string of the molecule is O=C(N[C@@H](Cc1cccc(CNC(=O)c2ccccc2)c1)C(=O)O)OCC1c2ccccc2-c2ccccc21. The van der Waals surface area contributed by atoms with Crippen LogP contribution in [0.4, 0.5) is 4.79 Å². The first-order valence-electron chi connectivity index (χ1n) is 12.7. The number of hydrogen-bond donors (Lipinski definition) is 3. The van der Waals surface area contributed by atoms with Crippen molar-refractivity contribution in [2.75, 3.05) is 6.61 Å². The Balaban J connectivity index is 1.19. The molecule has 0 bridgehead atoms. The normalized spacial score (nSPS) is 12.6. The van der Waals surface area contributed by atoms with Gasteiger partial charge in [-0.1, -0.05) is 91.0 Å². The third-order valence-corrected chi connectivity index (χ3v) is 6.85. The number of carboxylic acid groups (broad SMARTS) is 1. The number of ether oxygens (including phenoxy) is 1. The highest BCUT2D eigenvalue weighted by atomic mass is 16.5. The van der Waals surface area contributed by atoms with E-state index in [4.69, 9.17) is 4.74 Å². The number of benzene rings is 4. The first-order chi connectivity index (χ1) is 19.0. The summed E-state index contributed by atoms with van der Waals surface area (Å²) in [7, 11) is 0. The average molecular weight is 521 g/mol. The number of carboxylic acids is 1. The molecule has 1 aliphatic carbocycles. The lowest BCUT2D eigenvalue weighted by Crippen LogP contribution is -2.43. The van der Waals surface area contributed by atoms with Crippen LogP contribution >= 0.6 is 0 Å². The Bertz CT molecular complexity index is 1460. The van der Waals surface area contributed by atoms with Crippen LogP contribution < -0.4 is 10.6 Å². The van der Waals surface area contributed by atoms with Crippen LogP contribution in [-0.2, 0) is 22.5 Å². The van der Waals surface area contributed by atoms with Gasteiger partial charge in [0.1, 0.15) is 12.6 Å². The molecule has 4 aromatic carbocycles. The number of hydrogen-bond acceptors (Lipinski definition) is 4. The minimum absolute atomic E-state index is 0.0694. The highest BCUT2D eigenvalue weighted by Crippen LogP contribution is 2.44. The molecule has 0 spiro atoms. The number of carbonyl (C=O) groups is 3. The molecule has 5 rings (SSSR count). The van der Waals surface area contributed by atoms with E-state index in [1.165, 1.54) is 0 Å². The molecule has 0 unspecified atom stereocenters. The Morgan fingerprint density at radius 2 is 1.38 bits per heavy atom. The lowest BCUT2D eigenvalue weighted by molar-refractivity contribution is -0.139. The molecule has 39 heavy (non-hydrogen) atoms. The highest BCUT2D eigenvalue weighted by Gasteiger charge is 2.29. The Morgan fingerprint density at radius 3 is 2.05 bits per heavy atom. The second kappa shape index (κ2) is 11.6. The van der Waals surface area contributed by atoms with Gasteiger partial charge in [-0.25, -0.2) is 9.59 Å². The molecule has 196 valence electrons. The van der Waals surface area contributed by atoms with Crippen molar-refractivity contribution in [1.82, 2.24) is 10.6 Å². The number of fused-ring (bicyclic) bond motifs is 3. The van der Waals surface area contributed by atoms with Gasteiger partial charge in [0.05, 0.1) is 0 Å². The van der Waals surface area contributed by atoms with Gasteiger partial charge >= 0.3 is 12.1 Å². The summed E-state index contributed by atoms with van der Waals surface area (Å²) >= 11 is 0. The summed E-state index contributed by atoms with van der Waals surface area (Å²) in [5.74, 6) is -1.47. The van der Waals surface area contributed by atoms with Gasteiger partial charge in [0, 0.05) is 24.4 Å². The number of amides is 2. The van der Waals surface area contributed by atoms with Gasteiger partial charge in [-0.05, 0) is 45.5 Å². The summed E-state index contributed by atoms with van der Waals surface area (Å²) in [6, 6.07) is 31.0. The van der Waals surface area contributed by atoms with Crippen molar-refractivity contribution in [1.29, 1.82) is 0 Å². The minimum Gasteiger partial charge on any atom is -0.480 e.